The van der Waals surface area contributed by atoms with Gasteiger partial charge >= 0.3 is 5.97 Å². The number of ether oxygens (including phenoxy) is 1. The molecule has 2 heterocycles. The molecule has 0 aromatic carbocycles. The number of piperidine rings is 1. The molecule has 8 nitrogen and oxygen atoms in total. The molecule has 0 saturated carbocycles. The van der Waals surface area contributed by atoms with Gasteiger partial charge in [-0.1, -0.05) is 5.21 Å². The number of hydrogen-bond acceptors (Lipinski definition) is 5. The number of hydrogen-bond donors (Lipinski definition) is 1. The summed E-state index contributed by atoms with van der Waals surface area (Å²) in [5, 5.41) is 16.6. The summed E-state index contributed by atoms with van der Waals surface area (Å²) in [7, 11) is 1.54. The predicted octanol–water partition coefficient (Wildman–Crippen LogP) is 0.178. The van der Waals surface area contributed by atoms with Crippen molar-refractivity contribution in [1.82, 2.24) is 19.9 Å². The molecule has 1 aromatic heterocycles. The van der Waals surface area contributed by atoms with E-state index in [9.17, 15) is 9.59 Å². The fraction of sp³-hybridized carbons (Fsp3) is 0.692. The molecular weight excluding hydrogens is 276 g/mol. The van der Waals surface area contributed by atoms with Crippen LogP contribution >= 0.6 is 0 Å². The van der Waals surface area contributed by atoms with Gasteiger partial charge in [-0.3, -0.25) is 4.79 Å². The smallest absolute Gasteiger partial charge is 0.358 e. The first-order chi connectivity index (χ1) is 10.1. The van der Waals surface area contributed by atoms with E-state index in [-0.39, 0.29) is 18.1 Å². The van der Waals surface area contributed by atoms with Crippen molar-refractivity contribution in [3.8, 4) is 0 Å². The summed E-state index contributed by atoms with van der Waals surface area (Å²) in [6.45, 7) is 1.89. The van der Waals surface area contributed by atoms with Crippen LogP contribution in [0.2, 0.25) is 0 Å². The normalized spacial score (nSPS) is 15.2. The summed E-state index contributed by atoms with van der Waals surface area (Å²) in [5.41, 5.74) is 0.313. The van der Waals surface area contributed by atoms with E-state index in [0.717, 1.165) is 32.4 Å². The summed E-state index contributed by atoms with van der Waals surface area (Å²) in [4.78, 5) is 25.2. The van der Waals surface area contributed by atoms with Gasteiger partial charge in [0.2, 0.25) is 5.91 Å². The molecule has 0 radical (unpaired) electrons. The van der Waals surface area contributed by atoms with Gasteiger partial charge in [-0.15, -0.1) is 5.10 Å². The summed E-state index contributed by atoms with van der Waals surface area (Å²) >= 11 is 0. The van der Waals surface area contributed by atoms with Crippen molar-refractivity contribution in [3.05, 3.63) is 11.4 Å². The van der Waals surface area contributed by atoms with Crippen LogP contribution in [0.15, 0.2) is 0 Å². The van der Waals surface area contributed by atoms with Crippen molar-refractivity contribution in [2.24, 2.45) is 0 Å². The van der Waals surface area contributed by atoms with E-state index in [4.69, 9.17) is 9.84 Å². The molecule has 1 aliphatic heterocycles. The van der Waals surface area contributed by atoms with E-state index in [1.807, 2.05) is 0 Å². The molecule has 0 aliphatic carbocycles. The Morgan fingerprint density at radius 3 is 2.62 bits per heavy atom. The van der Waals surface area contributed by atoms with Crippen molar-refractivity contribution < 1.29 is 19.4 Å². The monoisotopic (exact) mass is 296 g/mol. The fourth-order valence-electron chi connectivity index (χ4n) is 2.44. The molecule has 1 aliphatic rings. The fourth-order valence-corrected chi connectivity index (χ4v) is 2.44. The molecule has 0 unspecified atom stereocenters. The molecule has 1 saturated heterocycles. The number of rotatable bonds is 6. The standard InChI is InChI=1S/C13H20N4O4/c1-21-8-5-10-12(13(19)20)14-15-17(10)9-11(18)16-6-3-2-4-7-16/h2-9H2,1H3,(H,19,20). The number of aromatic carboxylic acids is 1. The lowest BCUT2D eigenvalue weighted by molar-refractivity contribution is -0.133. The third-order valence-corrected chi connectivity index (χ3v) is 3.58. The zero-order valence-corrected chi connectivity index (χ0v) is 12.1. The molecule has 0 atom stereocenters. The number of nitrogens with zero attached hydrogens (tertiary/aromatic N) is 4. The third-order valence-electron chi connectivity index (χ3n) is 3.58. The largest absolute Gasteiger partial charge is 0.476 e. The molecule has 21 heavy (non-hydrogen) atoms. The molecule has 8 heteroatoms. The topological polar surface area (TPSA) is 97.5 Å². The van der Waals surface area contributed by atoms with E-state index in [0.29, 0.717) is 18.7 Å². The average molecular weight is 296 g/mol. The zero-order valence-electron chi connectivity index (χ0n) is 12.1. The van der Waals surface area contributed by atoms with Crippen LogP contribution in [0.5, 0.6) is 0 Å². The Hall–Kier alpha value is -1.96. The molecular formula is C13H20N4O4. The molecule has 0 bridgehead atoms. The van der Waals surface area contributed by atoms with Crippen LogP contribution in [0.3, 0.4) is 0 Å². The van der Waals surface area contributed by atoms with E-state index < -0.39 is 5.97 Å². The number of carboxylic acids is 1. The van der Waals surface area contributed by atoms with Gasteiger partial charge in [0.05, 0.1) is 12.3 Å². The van der Waals surface area contributed by atoms with Crippen LogP contribution in [0, 0.1) is 0 Å². The van der Waals surface area contributed by atoms with Gasteiger partial charge in [-0.25, -0.2) is 9.48 Å². The number of amides is 1. The summed E-state index contributed by atoms with van der Waals surface area (Å²) < 4.78 is 6.34. The first-order valence-electron chi connectivity index (χ1n) is 7.06. The van der Waals surface area contributed by atoms with Crippen molar-refractivity contribution in [1.29, 1.82) is 0 Å². The van der Waals surface area contributed by atoms with Gasteiger partial charge in [0.15, 0.2) is 5.69 Å². The predicted molar refractivity (Wildman–Crippen MR) is 73.0 cm³/mol. The second kappa shape index (κ2) is 7.16. The maximum atomic E-state index is 12.2. The van der Waals surface area contributed by atoms with Gasteiger partial charge in [-0.05, 0) is 19.3 Å². The molecule has 1 amide bonds. The summed E-state index contributed by atoms with van der Waals surface area (Å²) in [5.74, 6) is -1.19. The Morgan fingerprint density at radius 2 is 2.00 bits per heavy atom. The molecule has 0 spiro atoms. The molecule has 1 fully saturated rings. The van der Waals surface area contributed by atoms with Crippen molar-refractivity contribution >= 4 is 11.9 Å². The lowest BCUT2D eigenvalue weighted by Gasteiger charge is -2.26. The Bertz CT molecular complexity index is 508. The number of likely N-dealkylation sites (tertiary alicyclic amines) is 1. The van der Waals surface area contributed by atoms with Crippen LogP contribution in [0.4, 0.5) is 0 Å². The quantitative estimate of drug-likeness (QED) is 0.804. The Balaban J connectivity index is 2.10. The van der Waals surface area contributed by atoms with E-state index in [1.54, 1.807) is 4.90 Å². The number of carboxylic acid groups (broad SMARTS) is 1. The van der Waals surface area contributed by atoms with Crippen molar-refractivity contribution in [3.63, 3.8) is 0 Å². The Kier molecular flexibility index (Phi) is 5.26. The van der Waals surface area contributed by atoms with Crippen molar-refractivity contribution in [2.45, 2.75) is 32.2 Å². The van der Waals surface area contributed by atoms with E-state index in [2.05, 4.69) is 10.3 Å². The van der Waals surface area contributed by atoms with Crippen LogP contribution in [-0.2, 0) is 22.5 Å². The second-order valence-corrected chi connectivity index (χ2v) is 5.03. The minimum absolute atomic E-state index is 0.0271. The van der Waals surface area contributed by atoms with Crippen LogP contribution in [0.25, 0.3) is 0 Å². The van der Waals surface area contributed by atoms with Gasteiger partial charge in [0.1, 0.15) is 6.54 Å². The zero-order chi connectivity index (χ0) is 15.2. The van der Waals surface area contributed by atoms with Crippen LogP contribution in [-0.4, -0.2) is 63.7 Å². The highest BCUT2D eigenvalue weighted by Crippen LogP contribution is 2.11. The highest BCUT2D eigenvalue weighted by Gasteiger charge is 2.22. The first kappa shape index (κ1) is 15.4. The molecule has 2 rings (SSSR count). The Labute approximate surface area is 122 Å². The molecule has 116 valence electrons. The van der Waals surface area contributed by atoms with Crippen LogP contribution < -0.4 is 0 Å². The minimum atomic E-state index is -1.14. The SMILES string of the molecule is COCCc1c(C(=O)O)nnn1CC(=O)N1CCCCC1. The summed E-state index contributed by atoms with van der Waals surface area (Å²) in [6.07, 6.45) is 3.54. The maximum Gasteiger partial charge on any atom is 0.358 e. The number of aromatic nitrogens is 3. The first-order valence-corrected chi connectivity index (χ1v) is 7.06. The van der Waals surface area contributed by atoms with Gasteiger partial charge in [0.25, 0.3) is 0 Å². The summed E-state index contributed by atoms with van der Waals surface area (Å²) in [6, 6.07) is 0. The third kappa shape index (κ3) is 3.78. The van der Waals surface area contributed by atoms with Gasteiger partial charge < -0.3 is 14.7 Å². The highest BCUT2D eigenvalue weighted by atomic mass is 16.5. The highest BCUT2D eigenvalue weighted by molar-refractivity contribution is 5.86. The average Bonchev–Trinajstić information content (AvgIpc) is 2.89. The number of carbonyl (C=O) groups is 2. The van der Waals surface area contributed by atoms with Gasteiger partial charge in [0, 0.05) is 26.6 Å². The lowest BCUT2D eigenvalue weighted by Crippen LogP contribution is -2.38. The minimum Gasteiger partial charge on any atom is -0.476 e. The molecule has 1 aromatic rings. The van der Waals surface area contributed by atoms with Crippen LogP contribution in [0.1, 0.15) is 35.4 Å². The number of methoxy groups -OCH3 is 1. The van der Waals surface area contributed by atoms with Crippen molar-refractivity contribution in [2.75, 3.05) is 26.8 Å². The Morgan fingerprint density at radius 1 is 1.29 bits per heavy atom. The second-order valence-electron chi connectivity index (χ2n) is 5.03. The van der Waals surface area contributed by atoms with Gasteiger partial charge in [-0.2, -0.15) is 0 Å². The van der Waals surface area contributed by atoms with E-state index >= 15 is 0 Å². The lowest BCUT2D eigenvalue weighted by atomic mass is 10.1. The maximum absolute atomic E-state index is 12.2. The van der Waals surface area contributed by atoms with E-state index in [1.165, 1.54) is 11.8 Å². The molecule has 1 N–H and O–H groups in total. The number of carbonyl (C=O) groups excluding carboxylic acids is 1.